The minimum absolute atomic E-state index is 0.121. The zero-order valence-corrected chi connectivity index (χ0v) is 13.2. The smallest absolute Gasteiger partial charge is 0.0600 e. The van der Waals surface area contributed by atoms with Gasteiger partial charge in [-0.25, -0.2) is 0 Å². The normalized spacial score (nSPS) is 42.1. The second-order valence-electron chi connectivity index (χ2n) is 8.40. The summed E-state index contributed by atoms with van der Waals surface area (Å²) >= 11 is 0. The highest BCUT2D eigenvalue weighted by Crippen LogP contribution is 2.61. The van der Waals surface area contributed by atoms with E-state index in [1.807, 2.05) is 0 Å². The van der Waals surface area contributed by atoms with Crippen LogP contribution in [0.1, 0.15) is 44.9 Å². The SMILES string of the molecule is CN(C)CC(CN)CC(O)C12CC3CC(CC(C3)C1)C2. The largest absolute Gasteiger partial charge is 0.393 e. The predicted octanol–water partition coefficient (Wildman–Crippen LogP) is 2.09. The van der Waals surface area contributed by atoms with Crippen molar-refractivity contribution in [3.63, 3.8) is 0 Å². The lowest BCUT2D eigenvalue weighted by atomic mass is 9.47. The zero-order chi connectivity index (χ0) is 14.3. The van der Waals surface area contributed by atoms with Gasteiger partial charge in [0.05, 0.1) is 6.10 Å². The molecule has 0 saturated heterocycles. The fourth-order valence-corrected chi connectivity index (χ4v) is 5.91. The van der Waals surface area contributed by atoms with Gasteiger partial charge >= 0.3 is 0 Å². The van der Waals surface area contributed by atoms with Crippen molar-refractivity contribution in [3.8, 4) is 0 Å². The summed E-state index contributed by atoms with van der Waals surface area (Å²) < 4.78 is 0. The summed E-state index contributed by atoms with van der Waals surface area (Å²) in [4.78, 5) is 2.20. The predicted molar refractivity (Wildman–Crippen MR) is 82.3 cm³/mol. The molecule has 4 aliphatic carbocycles. The molecule has 3 N–H and O–H groups in total. The Balaban J connectivity index is 1.65. The number of nitrogens with zero attached hydrogens (tertiary/aromatic N) is 1. The second-order valence-corrected chi connectivity index (χ2v) is 8.40. The minimum Gasteiger partial charge on any atom is -0.393 e. The maximum Gasteiger partial charge on any atom is 0.0600 e. The van der Waals surface area contributed by atoms with Gasteiger partial charge in [0.15, 0.2) is 0 Å². The highest BCUT2D eigenvalue weighted by atomic mass is 16.3. The van der Waals surface area contributed by atoms with E-state index in [-0.39, 0.29) is 11.5 Å². The topological polar surface area (TPSA) is 49.5 Å². The molecule has 0 radical (unpaired) electrons. The molecule has 0 amide bonds. The molecule has 0 aromatic rings. The van der Waals surface area contributed by atoms with Crippen LogP contribution in [-0.4, -0.2) is 43.3 Å². The number of nitrogens with two attached hydrogens (primary N) is 1. The van der Waals surface area contributed by atoms with Crippen LogP contribution in [0.15, 0.2) is 0 Å². The van der Waals surface area contributed by atoms with Crippen molar-refractivity contribution in [2.45, 2.75) is 51.0 Å². The monoisotopic (exact) mass is 280 g/mol. The zero-order valence-electron chi connectivity index (χ0n) is 13.2. The van der Waals surface area contributed by atoms with Crippen LogP contribution in [-0.2, 0) is 0 Å². The van der Waals surface area contributed by atoms with E-state index < -0.39 is 0 Å². The Morgan fingerprint density at radius 1 is 1.10 bits per heavy atom. The van der Waals surface area contributed by atoms with Crippen LogP contribution in [0.3, 0.4) is 0 Å². The summed E-state index contributed by atoms with van der Waals surface area (Å²) in [7, 11) is 4.19. The maximum atomic E-state index is 11.0. The van der Waals surface area contributed by atoms with E-state index in [0.29, 0.717) is 12.5 Å². The molecule has 4 rings (SSSR count). The van der Waals surface area contributed by atoms with Gasteiger partial charge in [0, 0.05) is 6.54 Å². The summed E-state index contributed by atoms with van der Waals surface area (Å²) in [5.41, 5.74) is 6.18. The first kappa shape index (κ1) is 14.8. The van der Waals surface area contributed by atoms with Crippen LogP contribution in [0, 0.1) is 29.1 Å². The molecule has 3 nitrogen and oxygen atoms in total. The van der Waals surface area contributed by atoms with Gasteiger partial charge in [0.1, 0.15) is 0 Å². The molecule has 4 fully saturated rings. The van der Waals surface area contributed by atoms with Gasteiger partial charge in [-0.05, 0) is 94.7 Å². The van der Waals surface area contributed by atoms with Gasteiger partial charge in [0.2, 0.25) is 0 Å². The summed E-state index contributed by atoms with van der Waals surface area (Å²) in [5, 5.41) is 11.0. The molecular formula is C17H32N2O. The van der Waals surface area contributed by atoms with Crippen molar-refractivity contribution in [1.29, 1.82) is 0 Å². The van der Waals surface area contributed by atoms with Gasteiger partial charge < -0.3 is 15.7 Å². The Bertz CT molecular complexity index is 307. The van der Waals surface area contributed by atoms with Crippen molar-refractivity contribution in [1.82, 2.24) is 4.90 Å². The average molecular weight is 280 g/mol. The van der Waals surface area contributed by atoms with Crippen LogP contribution in [0.2, 0.25) is 0 Å². The highest BCUT2D eigenvalue weighted by molar-refractivity contribution is 5.04. The fraction of sp³-hybridized carbons (Fsp3) is 1.00. The first-order chi connectivity index (χ1) is 9.50. The minimum atomic E-state index is -0.121. The van der Waals surface area contributed by atoms with Gasteiger partial charge in [-0.15, -0.1) is 0 Å². The van der Waals surface area contributed by atoms with Gasteiger partial charge in [-0.2, -0.15) is 0 Å². The summed E-state index contributed by atoms with van der Waals surface area (Å²) in [6.45, 7) is 1.70. The quantitative estimate of drug-likeness (QED) is 0.783. The molecule has 4 aliphatic rings. The van der Waals surface area contributed by atoms with Crippen molar-refractivity contribution in [2.75, 3.05) is 27.2 Å². The lowest BCUT2D eigenvalue weighted by Gasteiger charge is -2.58. The number of hydrogen-bond acceptors (Lipinski definition) is 3. The van der Waals surface area contributed by atoms with E-state index in [9.17, 15) is 5.11 Å². The Morgan fingerprint density at radius 2 is 1.60 bits per heavy atom. The Morgan fingerprint density at radius 3 is 2.00 bits per heavy atom. The summed E-state index contributed by atoms with van der Waals surface area (Å²) in [5.74, 6) is 3.19. The molecule has 3 heteroatoms. The molecule has 4 saturated carbocycles. The number of rotatable bonds is 6. The van der Waals surface area contributed by atoms with E-state index >= 15 is 0 Å². The lowest BCUT2D eigenvalue weighted by molar-refractivity contribution is -0.126. The van der Waals surface area contributed by atoms with Crippen LogP contribution in [0.25, 0.3) is 0 Å². The third kappa shape index (κ3) is 2.77. The Kier molecular flexibility index (Phi) is 4.13. The number of aliphatic hydroxyl groups is 1. The van der Waals surface area contributed by atoms with Crippen LogP contribution in [0.5, 0.6) is 0 Å². The second kappa shape index (κ2) is 5.58. The highest BCUT2D eigenvalue weighted by Gasteiger charge is 2.53. The molecule has 2 atom stereocenters. The summed E-state index contributed by atoms with van der Waals surface area (Å²) in [6.07, 6.45) is 9.00. The molecule has 4 bridgehead atoms. The molecule has 2 unspecified atom stereocenters. The van der Waals surface area contributed by atoms with Crippen LogP contribution < -0.4 is 5.73 Å². The molecule has 0 aromatic heterocycles. The van der Waals surface area contributed by atoms with Crippen molar-refractivity contribution < 1.29 is 5.11 Å². The molecule has 0 heterocycles. The molecule has 20 heavy (non-hydrogen) atoms. The summed E-state index contributed by atoms with van der Waals surface area (Å²) in [6, 6.07) is 0. The van der Waals surface area contributed by atoms with E-state index in [2.05, 4.69) is 19.0 Å². The van der Waals surface area contributed by atoms with Gasteiger partial charge in [-0.1, -0.05) is 0 Å². The van der Waals surface area contributed by atoms with E-state index in [4.69, 9.17) is 5.73 Å². The molecular weight excluding hydrogens is 248 g/mol. The van der Waals surface area contributed by atoms with Crippen molar-refractivity contribution in [2.24, 2.45) is 34.8 Å². The third-order valence-electron chi connectivity index (χ3n) is 6.31. The maximum absolute atomic E-state index is 11.0. The first-order valence-corrected chi connectivity index (χ1v) is 8.53. The van der Waals surface area contributed by atoms with Gasteiger partial charge in [0.25, 0.3) is 0 Å². The first-order valence-electron chi connectivity index (χ1n) is 8.53. The third-order valence-corrected chi connectivity index (χ3v) is 6.31. The van der Waals surface area contributed by atoms with Gasteiger partial charge in [-0.3, -0.25) is 0 Å². The molecule has 0 spiro atoms. The molecule has 0 aliphatic heterocycles. The number of hydrogen-bond donors (Lipinski definition) is 2. The number of aliphatic hydroxyl groups excluding tert-OH is 1. The Labute approximate surface area is 123 Å². The Hall–Kier alpha value is -0.120. The standard InChI is InChI=1S/C17H32N2O/c1-19(2)11-15(10-18)6-16(20)17-7-12-3-13(8-17)5-14(4-12)9-17/h12-16,20H,3-11,18H2,1-2H3. The lowest BCUT2D eigenvalue weighted by Crippen LogP contribution is -2.52. The molecule has 116 valence electrons. The average Bonchev–Trinajstić information content (AvgIpc) is 2.35. The molecule has 0 aromatic carbocycles. The fourth-order valence-electron chi connectivity index (χ4n) is 5.91. The van der Waals surface area contributed by atoms with Crippen molar-refractivity contribution >= 4 is 0 Å². The van der Waals surface area contributed by atoms with E-state index in [0.717, 1.165) is 30.7 Å². The van der Waals surface area contributed by atoms with E-state index in [1.165, 1.54) is 38.5 Å². The van der Waals surface area contributed by atoms with Crippen molar-refractivity contribution in [3.05, 3.63) is 0 Å². The van der Waals surface area contributed by atoms with Crippen LogP contribution >= 0.6 is 0 Å². The van der Waals surface area contributed by atoms with Crippen LogP contribution in [0.4, 0.5) is 0 Å². The van der Waals surface area contributed by atoms with E-state index in [1.54, 1.807) is 0 Å².